The average Bonchev–Trinajstić information content (AvgIpc) is 2.79. The van der Waals surface area contributed by atoms with E-state index in [-0.39, 0.29) is 5.56 Å². The monoisotopic (exact) mass is 365 g/mol. The summed E-state index contributed by atoms with van der Waals surface area (Å²) in [6, 6.07) is 9.66. The van der Waals surface area contributed by atoms with Crippen LogP contribution in [-0.2, 0) is 0 Å². The number of aromatic nitrogens is 1. The normalized spacial score (nSPS) is 10.8. The molecule has 0 aliphatic heterocycles. The number of halogens is 2. The van der Waals surface area contributed by atoms with E-state index >= 15 is 0 Å². The third kappa shape index (κ3) is 2.74. The number of nitrogens with two attached hydrogens (primary N) is 1. The lowest BCUT2D eigenvalue weighted by atomic mass is 10.2. The van der Waals surface area contributed by atoms with Crippen LogP contribution < -0.4 is 11.1 Å². The van der Waals surface area contributed by atoms with E-state index in [2.05, 4.69) is 26.2 Å². The van der Waals surface area contributed by atoms with Crippen LogP contribution in [0.3, 0.4) is 0 Å². The van der Waals surface area contributed by atoms with Crippen LogP contribution in [0.25, 0.3) is 10.2 Å². The minimum absolute atomic E-state index is 0.0451. The Balaban J connectivity index is 1.93. The van der Waals surface area contributed by atoms with E-state index in [0.29, 0.717) is 15.3 Å². The van der Waals surface area contributed by atoms with E-state index < -0.39 is 11.7 Å². The van der Waals surface area contributed by atoms with Crippen molar-refractivity contribution in [2.45, 2.75) is 0 Å². The van der Waals surface area contributed by atoms with Crippen LogP contribution in [0.4, 0.5) is 15.2 Å². The van der Waals surface area contributed by atoms with E-state index in [4.69, 9.17) is 5.73 Å². The lowest BCUT2D eigenvalue weighted by molar-refractivity contribution is 0.102. The number of hydrogen-bond donors (Lipinski definition) is 2. The topological polar surface area (TPSA) is 68.0 Å². The summed E-state index contributed by atoms with van der Waals surface area (Å²) in [6.07, 6.45) is 0. The molecule has 1 aromatic heterocycles. The molecule has 3 aromatic rings. The van der Waals surface area contributed by atoms with Crippen molar-refractivity contribution in [1.29, 1.82) is 0 Å². The molecule has 1 heterocycles. The van der Waals surface area contributed by atoms with Gasteiger partial charge < -0.3 is 5.73 Å². The highest BCUT2D eigenvalue weighted by Crippen LogP contribution is 2.28. The number of hydrogen-bond acceptors (Lipinski definition) is 4. The summed E-state index contributed by atoms with van der Waals surface area (Å²) in [5, 5.41) is 3.01. The highest BCUT2D eigenvalue weighted by atomic mass is 79.9. The lowest BCUT2D eigenvalue weighted by Gasteiger charge is -2.05. The lowest BCUT2D eigenvalue weighted by Crippen LogP contribution is -2.14. The van der Waals surface area contributed by atoms with Gasteiger partial charge in [-0.2, -0.15) is 0 Å². The maximum atomic E-state index is 13.7. The summed E-state index contributed by atoms with van der Waals surface area (Å²) in [6.45, 7) is 0. The van der Waals surface area contributed by atoms with E-state index in [1.54, 1.807) is 24.3 Å². The van der Waals surface area contributed by atoms with Gasteiger partial charge >= 0.3 is 0 Å². The molecule has 3 N–H and O–H groups in total. The van der Waals surface area contributed by atoms with Crippen molar-refractivity contribution in [2.75, 3.05) is 11.1 Å². The first-order valence-electron chi connectivity index (χ1n) is 5.96. The number of fused-ring (bicyclic) bond motifs is 1. The molecule has 0 aliphatic carbocycles. The number of nitrogens with one attached hydrogen (secondary N) is 1. The molecule has 0 atom stereocenters. The van der Waals surface area contributed by atoms with Gasteiger partial charge in [0, 0.05) is 10.2 Å². The number of anilines is 2. The molecule has 0 saturated carbocycles. The first kappa shape index (κ1) is 14.0. The molecule has 0 bridgehead atoms. The minimum atomic E-state index is -0.591. The van der Waals surface area contributed by atoms with E-state index in [1.807, 2.05) is 0 Å². The first-order chi connectivity index (χ1) is 10.0. The molecule has 7 heteroatoms. The van der Waals surface area contributed by atoms with Gasteiger partial charge in [-0.3, -0.25) is 10.1 Å². The highest BCUT2D eigenvalue weighted by Gasteiger charge is 2.17. The molecule has 106 valence electrons. The predicted molar refractivity (Wildman–Crippen MR) is 86.1 cm³/mol. The fraction of sp³-hybridized carbons (Fsp3) is 0. The zero-order valence-corrected chi connectivity index (χ0v) is 13.0. The Morgan fingerprint density at radius 1 is 1.33 bits per heavy atom. The number of nitrogens with zero attached hydrogens (tertiary/aromatic N) is 1. The van der Waals surface area contributed by atoms with Crippen LogP contribution in [0, 0.1) is 5.82 Å². The fourth-order valence-electron chi connectivity index (χ4n) is 1.87. The van der Waals surface area contributed by atoms with Crippen LogP contribution in [0.2, 0.25) is 0 Å². The van der Waals surface area contributed by atoms with Gasteiger partial charge in [0.25, 0.3) is 5.91 Å². The van der Waals surface area contributed by atoms with Gasteiger partial charge in [0.2, 0.25) is 0 Å². The van der Waals surface area contributed by atoms with Crippen molar-refractivity contribution in [2.24, 2.45) is 0 Å². The van der Waals surface area contributed by atoms with Crippen molar-refractivity contribution in [1.82, 2.24) is 4.98 Å². The molecule has 0 spiro atoms. The molecular formula is C14H9BrFN3OS. The summed E-state index contributed by atoms with van der Waals surface area (Å²) < 4.78 is 15.0. The van der Waals surface area contributed by atoms with Gasteiger partial charge in [0.1, 0.15) is 5.82 Å². The maximum Gasteiger partial charge on any atom is 0.261 e. The van der Waals surface area contributed by atoms with Crippen molar-refractivity contribution < 1.29 is 9.18 Å². The molecule has 0 saturated heterocycles. The van der Waals surface area contributed by atoms with Crippen molar-refractivity contribution >= 4 is 54.2 Å². The van der Waals surface area contributed by atoms with Gasteiger partial charge in [-0.15, -0.1) is 0 Å². The van der Waals surface area contributed by atoms with Crippen LogP contribution in [0.15, 0.2) is 40.9 Å². The maximum absolute atomic E-state index is 13.7. The largest absolute Gasteiger partial charge is 0.399 e. The number of thiazole rings is 1. The Bertz CT molecular complexity index is 829. The average molecular weight is 366 g/mol. The van der Waals surface area contributed by atoms with Gasteiger partial charge in [-0.1, -0.05) is 17.4 Å². The molecular weight excluding hydrogens is 357 g/mol. The van der Waals surface area contributed by atoms with Crippen LogP contribution >= 0.6 is 27.3 Å². The van der Waals surface area contributed by atoms with Crippen molar-refractivity contribution in [3.63, 3.8) is 0 Å². The highest BCUT2D eigenvalue weighted by molar-refractivity contribution is 9.10. The van der Waals surface area contributed by atoms with Crippen LogP contribution in [0.5, 0.6) is 0 Å². The van der Waals surface area contributed by atoms with Gasteiger partial charge in [0.05, 0.1) is 15.8 Å². The van der Waals surface area contributed by atoms with Gasteiger partial charge in [-0.25, -0.2) is 9.37 Å². The second-order valence-electron chi connectivity index (χ2n) is 4.30. The Morgan fingerprint density at radius 2 is 2.14 bits per heavy atom. The SMILES string of the molecule is Nc1ccc2nc(NC(=O)c3c(F)cccc3Br)sc2c1. The van der Waals surface area contributed by atoms with Crippen LogP contribution in [-0.4, -0.2) is 10.9 Å². The standard InChI is InChI=1S/C14H9BrFN3OS/c15-8-2-1-3-9(16)12(8)13(20)19-14-18-10-5-4-7(17)6-11(10)21-14/h1-6H,17H2,(H,18,19,20). The van der Waals surface area contributed by atoms with E-state index in [0.717, 1.165) is 10.2 Å². The number of carbonyl (C=O) groups is 1. The summed E-state index contributed by atoms with van der Waals surface area (Å²) in [7, 11) is 0. The zero-order chi connectivity index (χ0) is 15.0. The second kappa shape index (κ2) is 5.42. The summed E-state index contributed by atoms with van der Waals surface area (Å²) in [5.41, 5.74) is 7.02. The second-order valence-corrected chi connectivity index (χ2v) is 6.18. The molecule has 0 aliphatic rings. The van der Waals surface area contributed by atoms with Crippen LogP contribution in [0.1, 0.15) is 10.4 Å². The van der Waals surface area contributed by atoms with Crippen molar-refractivity contribution in [3.05, 3.63) is 52.3 Å². The number of rotatable bonds is 2. The summed E-state index contributed by atoms with van der Waals surface area (Å²) >= 11 is 4.46. The first-order valence-corrected chi connectivity index (χ1v) is 7.57. The predicted octanol–water partition coefficient (Wildman–Crippen LogP) is 4.03. The number of nitrogen functional groups attached to an aromatic ring is 1. The number of benzene rings is 2. The molecule has 0 radical (unpaired) electrons. The molecule has 2 aromatic carbocycles. The summed E-state index contributed by atoms with van der Waals surface area (Å²) in [4.78, 5) is 16.4. The van der Waals surface area contributed by atoms with Crippen molar-refractivity contribution in [3.8, 4) is 0 Å². The molecule has 0 fully saturated rings. The Hall–Kier alpha value is -1.99. The van der Waals surface area contributed by atoms with E-state index in [9.17, 15) is 9.18 Å². The van der Waals surface area contributed by atoms with E-state index in [1.165, 1.54) is 23.5 Å². The number of carbonyl (C=O) groups excluding carboxylic acids is 1. The molecule has 21 heavy (non-hydrogen) atoms. The van der Waals surface area contributed by atoms with Gasteiger partial charge in [0.15, 0.2) is 5.13 Å². The third-order valence-corrected chi connectivity index (χ3v) is 4.42. The third-order valence-electron chi connectivity index (χ3n) is 2.82. The molecule has 3 rings (SSSR count). The van der Waals surface area contributed by atoms with Gasteiger partial charge in [-0.05, 0) is 46.3 Å². The molecule has 0 unspecified atom stereocenters. The Kier molecular flexibility index (Phi) is 3.60. The number of amides is 1. The molecule has 4 nitrogen and oxygen atoms in total. The zero-order valence-electron chi connectivity index (χ0n) is 10.6. The fourth-order valence-corrected chi connectivity index (χ4v) is 3.30. The molecule has 1 amide bonds. The smallest absolute Gasteiger partial charge is 0.261 e. The summed E-state index contributed by atoms with van der Waals surface area (Å²) in [5.74, 6) is -1.14. The Morgan fingerprint density at radius 3 is 2.90 bits per heavy atom. The quantitative estimate of drug-likeness (QED) is 0.673. The Labute approximate surface area is 131 Å². The minimum Gasteiger partial charge on any atom is -0.399 e.